The lowest BCUT2D eigenvalue weighted by atomic mass is 10.1. The third-order valence-electron chi connectivity index (χ3n) is 2.63. The number of nitrogens with one attached hydrogen (secondary N) is 2. The zero-order chi connectivity index (χ0) is 15.5. The summed E-state index contributed by atoms with van der Waals surface area (Å²) in [5, 5.41) is 6.56. The lowest BCUT2D eigenvalue weighted by molar-refractivity contribution is 0.102. The SMILES string of the molecule is CC(C)(C)Nc1ccnc(C(=O)Nc2ccccc2Cl)c1. The van der Waals surface area contributed by atoms with Crippen molar-refractivity contribution in [2.75, 3.05) is 10.6 Å². The number of rotatable bonds is 3. The normalized spacial score (nSPS) is 11.0. The van der Waals surface area contributed by atoms with Gasteiger partial charge in [-0.05, 0) is 45.0 Å². The number of halogens is 1. The second-order valence-electron chi connectivity index (χ2n) is 5.74. The Kier molecular flexibility index (Phi) is 4.48. The molecular weight excluding hydrogens is 286 g/mol. The first kappa shape index (κ1) is 15.3. The van der Waals surface area contributed by atoms with Crippen molar-refractivity contribution in [1.82, 2.24) is 4.98 Å². The Balaban J connectivity index is 2.16. The summed E-state index contributed by atoms with van der Waals surface area (Å²) in [6, 6.07) is 10.6. The molecule has 0 unspecified atom stereocenters. The summed E-state index contributed by atoms with van der Waals surface area (Å²) in [6.07, 6.45) is 1.61. The van der Waals surface area contributed by atoms with E-state index in [0.29, 0.717) is 16.4 Å². The Morgan fingerprint density at radius 1 is 1.19 bits per heavy atom. The number of benzene rings is 1. The van der Waals surface area contributed by atoms with Crippen LogP contribution in [0.25, 0.3) is 0 Å². The number of carbonyl (C=O) groups excluding carboxylic acids is 1. The smallest absolute Gasteiger partial charge is 0.274 e. The Labute approximate surface area is 129 Å². The molecule has 2 aromatic rings. The van der Waals surface area contributed by atoms with Crippen LogP contribution in [0.2, 0.25) is 5.02 Å². The average Bonchev–Trinajstić information content (AvgIpc) is 2.39. The number of hydrogen-bond acceptors (Lipinski definition) is 3. The highest BCUT2D eigenvalue weighted by Gasteiger charge is 2.13. The van der Waals surface area contributed by atoms with Crippen molar-refractivity contribution in [3.8, 4) is 0 Å². The number of anilines is 2. The second-order valence-corrected chi connectivity index (χ2v) is 6.15. The molecule has 0 saturated carbocycles. The van der Waals surface area contributed by atoms with Gasteiger partial charge in [0.05, 0.1) is 10.7 Å². The van der Waals surface area contributed by atoms with Crippen molar-refractivity contribution in [2.45, 2.75) is 26.3 Å². The second kappa shape index (κ2) is 6.14. The zero-order valence-corrected chi connectivity index (χ0v) is 13.0. The van der Waals surface area contributed by atoms with E-state index in [1.807, 2.05) is 18.2 Å². The van der Waals surface area contributed by atoms with Crippen LogP contribution < -0.4 is 10.6 Å². The van der Waals surface area contributed by atoms with Gasteiger partial charge in [-0.2, -0.15) is 0 Å². The van der Waals surface area contributed by atoms with Crippen molar-refractivity contribution in [3.63, 3.8) is 0 Å². The van der Waals surface area contributed by atoms with Gasteiger partial charge in [-0.15, -0.1) is 0 Å². The first-order valence-electron chi connectivity index (χ1n) is 6.65. The van der Waals surface area contributed by atoms with Crippen LogP contribution in [-0.4, -0.2) is 16.4 Å². The number of aromatic nitrogens is 1. The quantitative estimate of drug-likeness (QED) is 0.893. The maximum atomic E-state index is 12.2. The van der Waals surface area contributed by atoms with Gasteiger partial charge in [0.1, 0.15) is 5.69 Å². The summed E-state index contributed by atoms with van der Waals surface area (Å²) in [4.78, 5) is 16.3. The van der Waals surface area contributed by atoms with Gasteiger partial charge in [-0.25, -0.2) is 0 Å². The molecule has 0 atom stereocenters. The van der Waals surface area contributed by atoms with Crippen molar-refractivity contribution in [1.29, 1.82) is 0 Å². The highest BCUT2D eigenvalue weighted by Crippen LogP contribution is 2.21. The van der Waals surface area contributed by atoms with Crippen LogP contribution in [0, 0.1) is 0 Å². The monoisotopic (exact) mass is 303 g/mol. The van der Waals surface area contributed by atoms with E-state index in [4.69, 9.17) is 11.6 Å². The van der Waals surface area contributed by atoms with Crippen molar-refractivity contribution >= 4 is 28.9 Å². The van der Waals surface area contributed by atoms with E-state index in [2.05, 4.69) is 36.4 Å². The van der Waals surface area contributed by atoms with Gasteiger partial charge >= 0.3 is 0 Å². The van der Waals surface area contributed by atoms with Gasteiger partial charge in [0.2, 0.25) is 0 Å². The van der Waals surface area contributed by atoms with E-state index in [1.165, 1.54) is 0 Å². The first-order chi connectivity index (χ1) is 9.85. The Bertz CT molecular complexity index is 650. The number of carbonyl (C=O) groups is 1. The summed E-state index contributed by atoms with van der Waals surface area (Å²) in [5.74, 6) is -0.291. The molecule has 0 spiro atoms. The fourth-order valence-electron chi connectivity index (χ4n) is 1.81. The molecule has 0 fully saturated rings. The molecule has 0 saturated heterocycles. The minimum Gasteiger partial charge on any atom is -0.380 e. The van der Waals surface area contributed by atoms with Gasteiger partial charge in [-0.3, -0.25) is 9.78 Å². The van der Waals surface area contributed by atoms with E-state index in [-0.39, 0.29) is 11.4 Å². The van der Waals surface area contributed by atoms with E-state index in [9.17, 15) is 4.79 Å². The molecule has 0 radical (unpaired) electrons. The van der Waals surface area contributed by atoms with Crippen LogP contribution in [-0.2, 0) is 0 Å². The Morgan fingerprint density at radius 2 is 1.90 bits per heavy atom. The number of pyridine rings is 1. The molecule has 110 valence electrons. The molecule has 0 bridgehead atoms. The summed E-state index contributed by atoms with van der Waals surface area (Å²) in [5.41, 5.74) is 1.67. The maximum Gasteiger partial charge on any atom is 0.274 e. The topological polar surface area (TPSA) is 54.0 Å². The van der Waals surface area contributed by atoms with Crippen LogP contribution in [0.15, 0.2) is 42.6 Å². The Hall–Kier alpha value is -2.07. The summed E-state index contributed by atoms with van der Waals surface area (Å²) >= 11 is 6.03. The van der Waals surface area contributed by atoms with Gasteiger partial charge in [0.25, 0.3) is 5.91 Å². The number of hydrogen-bond donors (Lipinski definition) is 2. The molecule has 5 heteroatoms. The molecule has 0 aliphatic heterocycles. The van der Waals surface area contributed by atoms with Gasteiger partial charge < -0.3 is 10.6 Å². The lowest BCUT2D eigenvalue weighted by Gasteiger charge is -2.22. The average molecular weight is 304 g/mol. The third kappa shape index (κ3) is 4.46. The largest absolute Gasteiger partial charge is 0.380 e. The van der Waals surface area contributed by atoms with Crippen molar-refractivity contribution < 1.29 is 4.79 Å². The summed E-state index contributed by atoms with van der Waals surface area (Å²) < 4.78 is 0. The fourth-order valence-corrected chi connectivity index (χ4v) is 2.00. The van der Waals surface area contributed by atoms with Crippen molar-refractivity contribution in [3.05, 3.63) is 53.3 Å². The number of nitrogens with zero attached hydrogens (tertiary/aromatic N) is 1. The van der Waals surface area contributed by atoms with Crippen LogP contribution in [0.4, 0.5) is 11.4 Å². The molecule has 2 N–H and O–H groups in total. The molecule has 1 aromatic carbocycles. The lowest BCUT2D eigenvalue weighted by Crippen LogP contribution is -2.26. The van der Waals surface area contributed by atoms with Gasteiger partial charge in [0.15, 0.2) is 0 Å². The molecule has 0 aliphatic rings. The van der Waals surface area contributed by atoms with E-state index < -0.39 is 0 Å². The summed E-state index contributed by atoms with van der Waals surface area (Å²) in [6.45, 7) is 6.16. The highest BCUT2D eigenvalue weighted by atomic mass is 35.5. The molecule has 21 heavy (non-hydrogen) atoms. The van der Waals surface area contributed by atoms with Crippen LogP contribution >= 0.6 is 11.6 Å². The number of para-hydroxylation sites is 1. The third-order valence-corrected chi connectivity index (χ3v) is 2.96. The minimum atomic E-state index is -0.291. The molecule has 1 heterocycles. The van der Waals surface area contributed by atoms with Crippen LogP contribution in [0.3, 0.4) is 0 Å². The predicted molar refractivity (Wildman–Crippen MR) is 87.0 cm³/mol. The highest BCUT2D eigenvalue weighted by molar-refractivity contribution is 6.33. The zero-order valence-electron chi connectivity index (χ0n) is 12.3. The Morgan fingerprint density at radius 3 is 2.57 bits per heavy atom. The standard InChI is InChI=1S/C16H18ClN3O/c1-16(2,3)20-11-8-9-18-14(10-11)15(21)19-13-7-5-4-6-12(13)17/h4-10H,1-3H3,(H,18,20)(H,19,21). The molecule has 0 aliphatic carbocycles. The minimum absolute atomic E-state index is 0.0855. The predicted octanol–water partition coefficient (Wildman–Crippen LogP) is 4.20. The van der Waals surface area contributed by atoms with Gasteiger partial charge in [-0.1, -0.05) is 23.7 Å². The van der Waals surface area contributed by atoms with Gasteiger partial charge in [0, 0.05) is 17.4 Å². The first-order valence-corrected chi connectivity index (χ1v) is 7.03. The van der Waals surface area contributed by atoms with E-state index >= 15 is 0 Å². The molecule has 1 aromatic heterocycles. The van der Waals surface area contributed by atoms with Crippen LogP contribution in [0.5, 0.6) is 0 Å². The van der Waals surface area contributed by atoms with Crippen LogP contribution in [0.1, 0.15) is 31.3 Å². The van der Waals surface area contributed by atoms with E-state index in [0.717, 1.165) is 5.69 Å². The summed E-state index contributed by atoms with van der Waals surface area (Å²) in [7, 11) is 0. The fraction of sp³-hybridized carbons (Fsp3) is 0.250. The maximum absolute atomic E-state index is 12.2. The molecule has 1 amide bonds. The molecule has 2 rings (SSSR count). The number of amides is 1. The van der Waals surface area contributed by atoms with Crippen molar-refractivity contribution in [2.24, 2.45) is 0 Å². The van der Waals surface area contributed by atoms with E-state index in [1.54, 1.807) is 24.4 Å². The molecular formula is C16H18ClN3O. The molecule has 4 nitrogen and oxygen atoms in total.